The summed E-state index contributed by atoms with van der Waals surface area (Å²) in [6.07, 6.45) is 10.6. The van der Waals surface area contributed by atoms with Gasteiger partial charge in [0.15, 0.2) is 0 Å². The monoisotopic (exact) mass is 298 g/mol. The molecule has 3 nitrogen and oxygen atoms in total. The van der Waals surface area contributed by atoms with Gasteiger partial charge in [0, 0.05) is 31.2 Å². The van der Waals surface area contributed by atoms with Crippen molar-refractivity contribution in [2.24, 2.45) is 5.92 Å². The highest BCUT2D eigenvalue weighted by Gasteiger charge is 2.14. The van der Waals surface area contributed by atoms with Crippen LogP contribution in [0.15, 0.2) is 36.5 Å². The molecule has 0 atom stereocenters. The van der Waals surface area contributed by atoms with Crippen LogP contribution in [0.3, 0.4) is 0 Å². The minimum atomic E-state index is 0.171. The Morgan fingerprint density at radius 3 is 2.86 bits per heavy atom. The van der Waals surface area contributed by atoms with Crippen LogP contribution in [0.2, 0.25) is 0 Å². The van der Waals surface area contributed by atoms with Crippen molar-refractivity contribution in [3.63, 3.8) is 0 Å². The van der Waals surface area contributed by atoms with Crippen LogP contribution in [0.25, 0.3) is 10.9 Å². The van der Waals surface area contributed by atoms with E-state index in [1.807, 2.05) is 12.1 Å². The van der Waals surface area contributed by atoms with Gasteiger partial charge in [-0.15, -0.1) is 0 Å². The number of nitrogens with one attached hydrogen (secondary N) is 1. The van der Waals surface area contributed by atoms with Crippen molar-refractivity contribution < 1.29 is 4.79 Å². The Morgan fingerprint density at radius 1 is 1.18 bits per heavy atom. The van der Waals surface area contributed by atoms with E-state index in [4.69, 9.17) is 0 Å². The maximum atomic E-state index is 11.9. The summed E-state index contributed by atoms with van der Waals surface area (Å²) in [7, 11) is 0. The van der Waals surface area contributed by atoms with Gasteiger partial charge in [-0.3, -0.25) is 4.79 Å². The van der Waals surface area contributed by atoms with Gasteiger partial charge in [0.2, 0.25) is 5.91 Å². The van der Waals surface area contributed by atoms with E-state index in [0.717, 1.165) is 25.4 Å². The molecule has 1 heterocycles. The number of benzene rings is 1. The van der Waals surface area contributed by atoms with Crippen LogP contribution in [0, 0.1) is 5.92 Å². The maximum Gasteiger partial charge on any atom is 0.221 e. The first-order chi connectivity index (χ1) is 10.8. The molecule has 3 heteroatoms. The zero-order valence-electron chi connectivity index (χ0n) is 13.3. The third kappa shape index (κ3) is 3.90. The van der Waals surface area contributed by atoms with Gasteiger partial charge < -0.3 is 9.88 Å². The van der Waals surface area contributed by atoms with Gasteiger partial charge in [-0.05, 0) is 36.3 Å². The predicted octanol–water partition coefficient (Wildman–Crippen LogP) is 4.12. The van der Waals surface area contributed by atoms with Gasteiger partial charge >= 0.3 is 0 Å². The highest BCUT2D eigenvalue weighted by Crippen LogP contribution is 2.28. The molecular formula is C19H26N2O. The van der Waals surface area contributed by atoms with E-state index in [1.54, 1.807) is 0 Å². The lowest BCUT2D eigenvalue weighted by atomic mass is 10.0. The molecule has 0 unspecified atom stereocenters. The van der Waals surface area contributed by atoms with Crippen LogP contribution in [-0.2, 0) is 11.3 Å². The zero-order chi connectivity index (χ0) is 15.2. The molecule has 1 aliphatic rings. The van der Waals surface area contributed by atoms with Crippen LogP contribution in [0.5, 0.6) is 0 Å². The summed E-state index contributed by atoms with van der Waals surface area (Å²) >= 11 is 0. The van der Waals surface area contributed by atoms with Crippen molar-refractivity contribution in [3.05, 3.63) is 36.5 Å². The normalized spacial score (nSPS) is 15.5. The van der Waals surface area contributed by atoms with E-state index in [-0.39, 0.29) is 5.91 Å². The maximum absolute atomic E-state index is 11.9. The SMILES string of the molecule is O=C(CCn1ccc2ccccc21)NCCCC1CCCC1. The van der Waals surface area contributed by atoms with Crippen LogP contribution < -0.4 is 5.32 Å². The number of fused-ring (bicyclic) bond motifs is 1. The summed E-state index contributed by atoms with van der Waals surface area (Å²) in [5, 5.41) is 4.30. The Labute approximate surface area is 132 Å². The molecule has 22 heavy (non-hydrogen) atoms. The van der Waals surface area contributed by atoms with E-state index >= 15 is 0 Å². The topological polar surface area (TPSA) is 34.0 Å². The van der Waals surface area contributed by atoms with E-state index in [1.165, 1.54) is 43.0 Å². The van der Waals surface area contributed by atoms with Gasteiger partial charge in [0.25, 0.3) is 0 Å². The molecule has 1 aromatic heterocycles. The molecule has 0 radical (unpaired) electrons. The summed E-state index contributed by atoms with van der Waals surface area (Å²) in [5.74, 6) is 1.09. The number of carbonyl (C=O) groups excluding carboxylic acids is 1. The predicted molar refractivity (Wildman–Crippen MR) is 90.8 cm³/mol. The third-order valence-electron chi connectivity index (χ3n) is 4.85. The minimum Gasteiger partial charge on any atom is -0.356 e. The second-order valence-electron chi connectivity index (χ2n) is 6.46. The average molecular weight is 298 g/mol. The molecule has 0 aliphatic heterocycles. The molecule has 1 aromatic carbocycles. The minimum absolute atomic E-state index is 0.171. The molecule has 1 aliphatic carbocycles. The van der Waals surface area contributed by atoms with Crippen LogP contribution in [-0.4, -0.2) is 17.0 Å². The van der Waals surface area contributed by atoms with E-state index < -0.39 is 0 Å². The second-order valence-corrected chi connectivity index (χ2v) is 6.46. The van der Waals surface area contributed by atoms with Crippen molar-refractivity contribution in [1.82, 2.24) is 9.88 Å². The molecule has 0 bridgehead atoms. The molecule has 1 amide bonds. The van der Waals surface area contributed by atoms with Gasteiger partial charge in [-0.25, -0.2) is 0 Å². The lowest BCUT2D eigenvalue weighted by molar-refractivity contribution is -0.121. The molecule has 0 saturated heterocycles. The highest BCUT2D eigenvalue weighted by molar-refractivity contribution is 5.80. The molecule has 0 spiro atoms. The zero-order valence-corrected chi connectivity index (χ0v) is 13.3. The summed E-state index contributed by atoms with van der Waals surface area (Å²) in [6, 6.07) is 10.4. The number of carbonyl (C=O) groups is 1. The number of nitrogens with zero attached hydrogens (tertiary/aromatic N) is 1. The first-order valence-electron chi connectivity index (χ1n) is 8.63. The molecule has 1 saturated carbocycles. The Balaban J connectivity index is 1.37. The Hall–Kier alpha value is -1.77. The number of para-hydroxylation sites is 1. The number of hydrogen-bond donors (Lipinski definition) is 1. The summed E-state index contributed by atoms with van der Waals surface area (Å²) in [4.78, 5) is 11.9. The van der Waals surface area contributed by atoms with E-state index in [0.29, 0.717) is 6.42 Å². The molecule has 2 aromatic rings. The second kappa shape index (κ2) is 7.48. The fraction of sp³-hybridized carbons (Fsp3) is 0.526. The third-order valence-corrected chi connectivity index (χ3v) is 4.85. The standard InChI is InChI=1S/C19H26N2O/c22-19(20-13-5-8-16-6-1-2-7-16)12-15-21-14-11-17-9-3-4-10-18(17)21/h3-4,9-11,14,16H,1-2,5-8,12-13,15H2,(H,20,22). The van der Waals surface area contributed by atoms with Crippen molar-refractivity contribution in [2.45, 2.75) is 51.5 Å². The Morgan fingerprint density at radius 2 is 2.00 bits per heavy atom. The number of aryl methyl sites for hydroxylation is 1. The van der Waals surface area contributed by atoms with Gasteiger partial charge in [0.1, 0.15) is 0 Å². The number of rotatable bonds is 7. The van der Waals surface area contributed by atoms with Crippen LogP contribution in [0.4, 0.5) is 0 Å². The lowest BCUT2D eigenvalue weighted by Gasteiger charge is -2.10. The lowest BCUT2D eigenvalue weighted by Crippen LogP contribution is -2.25. The van der Waals surface area contributed by atoms with Crippen molar-refractivity contribution in [3.8, 4) is 0 Å². The highest BCUT2D eigenvalue weighted by atomic mass is 16.1. The van der Waals surface area contributed by atoms with Crippen molar-refractivity contribution in [1.29, 1.82) is 0 Å². The summed E-state index contributed by atoms with van der Waals surface area (Å²) < 4.78 is 2.16. The number of hydrogen-bond acceptors (Lipinski definition) is 1. The Bertz CT molecular complexity index is 611. The first kappa shape index (κ1) is 15.1. The summed E-state index contributed by atoms with van der Waals surface area (Å²) in [6.45, 7) is 1.59. The van der Waals surface area contributed by atoms with Crippen molar-refractivity contribution >= 4 is 16.8 Å². The summed E-state index contributed by atoms with van der Waals surface area (Å²) in [5.41, 5.74) is 1.21. The molecular weight excluding hydrogens is 272 g/mol. The van der Waals surface area contributed by atoms with E-state index in [2.05, 4.69) is 34.3 Å². The van der Waals surface area contributed by atoms with Crippen LogP contribution in [0.1, 0.15) is 44.9 Å². The molecule has 3 rings (SSSR count). The van der Waals surface area contributed by atoms with Gasteiger partial charge in [-0.1, -0.05) is 43.9 Å². The number of amides is 1. The largest absolute Gasteiger partial charge is 0.356 e. The smallest absolute Gasteiger partial charge is 0.221 e. The average Bonchev–Trinajstić information content (AvgIpc) is 3.19. The number of aromatic nitrogens is 1. The van der Waals surface area contributed by atoms with Crippen molar-refractivity contribution in [2.75, 3.05) is 6.54 Å². The quantitative estimate of drug-likeness (QED) is 0.767. The fourth-order valence-corrected chi connectivity index (χ4v) is 3.56. The molecule has 1 fully saturated rings. The fourth-order valence-electron chi connectivity index (χ4n) is 3.56. The molecule has 1 N–H and O–H groups in total. The van der Waals surface area contributed by atoms with Crippen LogP contribution >= 0.6 is 0 Å². The molecule has 118 valence electrons. The van der Waals surface area contributed by atoms with Gasteiger partial charge in [-0.2, -0.15) is 0 Å². The van der Waals surface area contributed by atoms with E-state index in [9.17, 15) is 4.79 Å². The van der Waals surface area contributed by atoms with Gasteiger partial charge in [0.05, 0.1) is 0 Å². The Kier molecular flexibility index (Phi) is 5.15. The first-order valence-corrected chi connectivity index (χ1v) is 8.63.